The van der Waals surface area contributed by atoms with E-state index in [1.54, 1.807) is 0 Å². The first-order chi connectivity index (χ1) is 11.7. The van der Waals surface area contributed by atoms with E-state index >= 15 is 0 Å². The zero-order valence-electron chi connectivity index (χ0n) is 14.1. The van der Waals surface area contributed by atoms with E-state index < -0.39 is 0 Å². The molecular formula is C19H24N4O. The Bertz CT molecular complexity index is 639. The van der Waals surface area contributed by atoms with E-state index in [-0.39, 0.29) is 5.91 Å². The second-order valence-corrected chi connectivity index (χ2v) is 6.06. The number of anilines is 2. The summed E-state index contributed by atoms with van der Waals surface area (Å²) >= 11 is 0. The second kappa shape index (κ2) is 7.81. The SMILES string of the molecule is CN(CCC(=O)N1CCN(c2ccccn2)CC1)c1ccccc1. The van der Waals surface area contributed by atoms with Crippen LogP contribution in [-0.2, 0) is 4.79 Å². The molecule has 0 radical (unpaired) electrons. The van der Waals surface area contributed by atoms with Crippen LogP contribution in [0.5, 0.6) is 0 Å². The molecule has 0 unspecified atom stereocenters. The van der Waals surface area contributed by atoms with E-state index in [1.165, 1.54) is 0 Å². The van der Waals surface area contributed by atoms with Gasteiger partial charge in [0.1, 0.15) is 5.82 Å². The summed E-state index contributed by atoms with van der Waals surface area (Å²) in [7, 11) is 2.03. The maximum absolute atomic E-state index is 12.4. The Labute approximate surface area is 143 Å². The number of hydrogen-bond acceptors (Lipinski definition) is 4. The number of hydrogen-bond donors (Lipinski definition) is 0. The number of para-hydroxylation sites is 1. The van der Waals surface area contributed by atoms with Crippen LogP contribution in [0.2, 0.25) is 0 Å². The van der Waals surface area contributed by atoms with Gasteiger partial charge in [0.15, 0.2) is 0 Å². The molecule has 1 fully saturated rings. The van der Waals surface area contributed by atoms with Gasteiger partial charge < -0.3 is 14.7 Å². The van der Waals surface area contributed by atoms with Gasteiger partial charge in [-0.3, -0.25) is 4.79 Å². The van der Waals surface area contributed by atoms with Crippen molar-refractivity contribution in [3.05, 3.63) is 54.7 Å². The molecule has 2 heterocycles. The molecule has 0 saturated carbocycles. The van der Waals surface area contributed by atoms with Crippen molar-refractivity contribution in [1.29, 1.82) is 0 Å². The molecule has 1 saturated heterocycles. The van der Waals surface area contributed by atoms with Crippen molar-refractivity contribution in [2.24, 2.45) is 0 Å². The molecule has 0 bridgehead atoms. The molecule has 24 heavy (non-hydrogen) atoms. The van der Waals surface area contributed by atoms with Gasteiger partial charge in [-0.25, -0.2) is 4.98 Å². The third kappa shape index (κ3) is 4.04. The minimum Gasteiger partial charge on any atom is -0.374 e. The number of carbonyl (C=O) groups excluding carboxylic acids is 1. The summed E-state index contributed by atoms with van der Waals surface area (Å²) in [5.74, 6) is 1.23. The molecule has 0 N–H and O–H groups in total. The fourth-order valence-corrected chi connectivity index (χ4v) is 2.96. The Morgan fingerprint density at radius 3 is 2.42 bits per heavy atom. The normalized spacial score (nSPS) is 14.5. The monoisotopic (exact) mass is 324 g/mol. The van der Waals surface area contributed by atoms with Gasteiger partial charge in [0.25, 0.3) is 0 Å². The lowest BCUT2D eigenvalue weighted by Crippen LogP contribution is -2.49. The first-order valence-corrected chi connectivity index (χ1v) is 8.44. The Hall–Kier alpha value is -2.56. The van der Waals surface area contributed by atoms with Crippen molar-refractivity contribution >= 4 is 17.4 Å². The highest BCUT2D eigenvalue weighted by Gasteiger charge is 2.21. The van der Waals surface area contributed by atoms with Gasteiger partial charge in [-0.05, 0) is 24.3 Å². The summed E-state index contributed by atoms with van der Waals surface area (Å²) in [6.07, 6.45) is 2.36. The number of rotatable bonds is 5. The Balaban J connectivity index is 1.45. The fraction of sp³-hybridized carbons (Fsp3) is 0.368. The number of nitrogens with zero attached hydrogens (tertiary/aromatic N) is 4. The molecule has 1 aromatic carbocycles. The van der Waals surface area contributed by atoms with Crippen LogP contribution in [0, 0.1) is 0 Å². The Kier molecular flexibility index (Phi) is 5.31. The van der Waals surface area contributed by atoms with Crippen LogP contribution < -0.4 is 9.80 Å². The van der Waals surface area contributed by atoms with E-state index in [4.69, 9.17) is 0 Å². The minimum atomic E-state index is 0.235. The zero-order chi connectivity index (χ0) is 16.8. The van der Waals surface area contributed by atoms with Crippen LogP contribution in [0.25, 0.3) is 0 Å². The molecule has 0 atom stereocenters. The number of benzene rings is 1. The average Bonchev–Trinajstić information content (AvgIpc) is 2.67. The highest BCUT2D eigenvalue weighted by atomic mass is 16.2. The van der Waals surface area contributed by atoms with Crippen molar-refractivity contribution in [2.45, 2.75) is 6.42 Å². The maximum Gasteiger partial charge on any atom is 0.224 e. The number of pyridine rings is 1. The molecule has 0 spiro atoms. The van der Waals surface area contributed by atoms with Gasteiger partial charge in [-0.2, -0.15) is 0 Å². The highest BCUT2D eigenvalue weighted by molar-refractivity contribution is 5.77. The topological polar surface area (TPSA) is 39.7 Å². The predicted octanol–water partition coefficient (Wildman–Crippen LogP) is 2.26. The summed E-state index contributed by atoms with van der Waals surface area (Å²) in [6.45, 7) is 3.97. The molecule has 2 aromatic rings. The average molecular weight is 324 g/mol. The van der Waals surface area contributed by atoms with Crippen molar-refractivity contribution < 1.29 is 4.79 Å². The van der Waals surface area contributed by atoms with Gasteiger partial charge >= 0.3 is 0 Å². The molecule has 1 amide bonds. The van der Waals surface area contributed by atoms with Crippen LogP contribution in [0.1, 0.15) is 6.42 Å². The molecule has 3 rings (SSSR count). The molecule has 5 nitrogen and oxygen atoms in total. The van der Waals surface area contributed by atoms with E-state index in [2.05, 4.69) is 26.9 Å². The molecule has 5 heteroatoms. The number of piperazine rings is 1. The molecule has 126 valence electrons. The van der Waals surface area contributed by atoms with Gasteiger partial charge in [-0.15, -0.1) is 0 Å². The third-order valence-electron chi connectivity index (χ3n) is 4.46. The summed E-state index contributed by atoms with van der Waals surface area (Å²) < 4.78 is 0. The molecule has 0 aliphatic carbocycles. The highest BCUT2D eigenvalue weighted by Crippen LogP contribution is 2.14. The van der Waals surface area contributed by atoms with Gasteiger partial charge in [0.05, 0.1) is 0 Å². The summed E-state index contributed by atoms with van der Waals surface area (Å²) in [5, 5.41) is 0. The summed E-state index contributed by atoms with van der Waals surface area (Å²) in [4.78, 5) is 23.2. The van der Waals surface area contributed by atoms with E-state index in [0.29, 0.717) is 6.42 Å². The van der Waals surface area contributed by atoms with Crippen molar-refractivity contribution in [3.8, 4) is 0 Å². The molecule has 1 aliphatic heterocycles. The molecule has 1 aliphatic rings. The van der Waals surface area contributed by atoms with Crippen LogP contribution in [0.4, 0.5) is 11.5 Å². The van der Waals surface area contributed by atoms with E-state index in [1.807, 2.05) is 54.5 Å². The lowest BCUT2D eigenvalue weighted by molar-refractivity contribution is -0.131. The maximum atomic E-state index is 12.4. The largest absolute Gasteiger partial charge is 0.374 e. The molecular weight excluding hydrogens is 300 g/mol. The third-order valence-corrected chi connectivity index (χ3v) is 4.46. The quantitative estimate of drug-likeness (QED) is 0.846. The van der Waals surface area contributed by atoms with Gasteiger partial charge in [-0.1, -0.05) is 24.3 Å². The lowest BCUT2D eigenvalue weighted by atomic mass is 10.2. The van der Waals surface area contributed by atoms with Crippen LogP contribution >= 0.6 is 0 Å². The van der Waals surface area contributed by atoms with Crippen LogP contribution in [-0.4, -0.2) is 55.6 Å². The summed E-state index contributed by atoms with van der Waals surface area (Å²) in [5.41, 5.74) is 1.14. The van der Waals surface area contributed by atoms with Crippen molar-refractivity contribution in [1.82, 2.24) is 9.88 Å². The Morgan fingerprint density at radius 2 is 1.75 bits per heavy atom. The Morgan fingerprint density at radius 1 is 1.04 bits per heavy atom. The fourth-order valence-electron chi connectivity index (χ4n) is 2.96. The second-order valence-electron chi connectivity index (χ2n) is 6.06. The van der Waals surface area contributed by atoms with E-state index in [0.717, 1.165) is 44.2 Å². The van der Waals surface area contributed by atoms with Gasteiger partial charge in [0, 0.05) is 58.1 Å². The predicted molar refractivity (Wildman–Crippen MR) is 97.4 cm³/mol. The first kappa shape index (κ1) is 16.3. The van der Waals surface area contributed by atoms with Crippen LogP contribution in [0.3, 0.4) is 0 Å². The smallest absolute Gasteiger partial charge is 0.224 e. The zero-order valence-corrected chi connectivity index (χ0v) is 14.1. The first-order valence-electron chi connectivity index (χ1n) is 8.44. The number of aromatic nitrogens is 1. The standard InChI is InChI=1S/C19H24N4O/c1-21(17-7-3-2-4-8-17)12-10-19(24)23-15-13-22(14-16-23)18-9-5-6-11-20-18/h2-9,11H,10,12-16H2,1H3. The van der Waals surface area contributed by atoms with Crippen molar-refractivity contribution in [2.75, 3.05) is 49.6 Å². The minimum absolute atomic E-state index is 0.235. The van der Waals surface area contributed by atoms with Crippen LogP contribution in [0.15, 0.2) is 54.7 Å². The number of carbonyl (C=O) groups is 1. The lowest BCUT2D eigenvalue weighted by Gasteiger charge is -2.35. The van der Waals surface area contributed by atoms with Gasteiger partial charge in [0.2, 0.25) is 5.91 Å². The van der Waals surface area contributed by atoms with Crippen molar-refractivity contribution in [3.63, 3.8) is 0 Å². The summed E-state index contributed by atoms with van der Waals surface area (Å²) in [6, 6.07) is 16.1. The van der Waals surface area contributed by atoms with E-state index in [9.17, 15) is 4.79 Å². The number of amides is 1. The molecule has 1 aromatic heterocycles.